The van der Waals surface area contributed by atoms with Crippen LogP contribution >= 0.6 is 0 Å². The summed E-state index contributed by atoms with van der Waals surface area (Å²) < 4.78 is 0. The zero-order chi connectivity index (χ0) is 11.3. The van der Waals surface area contributed by atoms with Gasteiger partial charge in [0.15, 0.2) is 5.69 Å². The van der Waals surface area contributed by atoms with E-state index in [1.807, 2.05) is 0 Å². The topological polar surface area (TPSA) is 93.3 Å². The molecule has 1 aromatic rings. The van der Waals surface area contributed by atoms with Gasteiger partial charge in [-0.25, -0.2) is 0 Å². The molecular formula is C9H8N2O4. The Bertz CT molecular complexity index is 415. The number of nitro groups is 1. The Morgan fingerprint density at radius 3 is 2.87 bits per heavy atom. The van der Waals surface area contributed by atoms with E-state index >= 15 is 0 Å². The fourth-order valence-corrected chi connectivity index (χ4v) is 0.927. The number of hydrogen-bond donors (Lipinski definition) is 1. The lowest BCUT2D eigenvalue weighted by Gasteiger charge is -1.95. The Balaban J connectivity index is 2.97. The van der Waals surface area contributed by atoms with Crippen molar-refractivity contribution >= 4 is 18.2 Å². The highest BCUT2D eigenvalue weighted by Gasteiger charge is 2.15. The molecule has 15 heavy (non-hydrogen) atoms. The number of aromatic nitrogens is 1. The van der Waals surface area contributed by atoms with Crippen LogP contribution in [0, 0.1) is 10.1 Å². The predicted molar refractivity (Wildman–Crippen MR) is 52.3 cm³/mol. The highest BCUT2D eigenvalue weighted by atomic mass is 16.6. The zero-order valence-corrected chi connectivity index (χ0v) is 7.66. The highest BCUT2D eigenvalue weighted by molar-refractivity contribution is 5.57. The van der Waals surface area contributed by atoms with E-state index in [-0.39, 0.29) is 6.42 Å². The summed E-state index contributed by atoms with van der Waals surface area (Å²) >= 11 is 0. The molecule has 0 aliphatic carbocycles. The third-order valence-corrected chi connectivity index (χ3v) is 1.57. The number of aldehydes is 1. The normalized spacial score (nSPS) is 10.4. The van der Waals surface area contributed by atoms with E-state index < -0.39 is 16.5 Å². The van der Waals surface area contributed by atoms with Gasteiger partial charge in [-0.15, -0.1) is 0 Å². The van der Waals surface area contributed by atoms with Crippen molar-refractivity contribution in [2.75, 3.05) is 0 Å². The Labute approximate surface area is 85.0 Å². The minimum absolute atomic E-state index is 0.219. The average molecular weight is 208 g/mol. The lowest BCUT2D eigenvalue weighted by molar-refractivity contribution is -0.390. The van der Waals surface area contributed by atoms with E-state index in [1.165, 1.54) is 24.3 Å². The maximum Gasteiger partial charge on any atom is 0.406 e. The van der Waals surface area contributed by atoms with Gasteiger partial charge in [0.05, 0.1) is 0 Å². The van der Waals surface area contributed by atoms with Crippen molar-refractivity contribution in [3.05, 3.63) is 34.0 Å². The first-order valence-electron chi connectivity index (χ1n) is 4.09. The summed E-state index contributed by atoms with van der Waals surface area (Å²) in [5.74, 6) is -1.07. The summed E-state index contributed by atoms with van der Waals surface area (Å²) in [4.78, 5) is 23.2. The van der Waals surface area contributed by atoms with Crippen LogP contribution in [0.4, 0.5) is 5.82 Å². The molecule has 0 aliphatic rings. The van der Waals surface area contributed by atoms with Crippen molar-refractivity contribution in [2.45, 2.75) is 6.42 Å². The second-order valence-corrected chi connectivity index (χ2v) is 2.64. The molecule has 0 spiro atoms. The number of pyridine rings is 1. The molecule has 1 N–H and O–H groups in total. The molecule has 6 heteroatoms. The Morgan fingerprint density at radius 1 is 1.53 bits per heavy atom. The molecule has 0 bridgehead atoms. The summed E-state index contributed by atoms with van der Waals surface area (Å²) in [7, 11) is 0. The minimum atomic E-state index is -0.771. The van der Waals surface area contributed by atoms with Gasteiger partial charge in [0.25, 0.3) is 0 Å². The molecule has 1 heterocycles. The van der Waals surface area contributed by atoms with Gasteiger partial charge in [-0.3, -0.25) is 0 Å². The van der Waals surface area contributed by atoms with E-state index in [2.05, 4.69) is 4.98 Å². The van der Waals surface area contributed by atoms with Gasteiger partial charge in [0.1, 0.15) is 6.29 Å². The largest absolute Gasteiger partial charge is 0.501 e. The van der Waals surface area contributed by atoms with Crippen molar-refractivity contribution in [1.29, 1.82) is 0 Å². The highest BCUT2D eigenvalue weighted by Crippen LogP contribution is 2.22. The molecule has 0 aliphatic heterocycles. The fraction of sp³-hybridized carbons (Fsp3) is 0.111. The summed E-state index contributed by atoms with van der Waals surface area (Å²) in [5, 5.41) is 19.5. The summed E-state index contributed by atoms with van der Waals surface area (Å²) in [6.07, 6.45) is 3.92. The quantitative estimate of drug-likeness (QED) is 0.457. The zero-order valence-electron chi connectivity index (χ0n) is 7.66. The van der Waals surface area contributed by atoms with Gasteiger partial charge in [-0.1, -0.05) is 6.08 Å². The molecule has 0 unspecified atom stereocenters. The van der Waals surface area contributed by atoms with E-state index in [0.29, 0.717) is 12.0 Å². The van der Waals surface area contributed by atoms with E-state index in [4.69, 9.17) is 5.11 Å². The van der Waals surface area contributed by atoms with Gasteiger partial charge in [0, 0.05) is 6.42 Å². The first-order valence-corrected chi connectivity index (χ1v) is 4.09. The van der Waals surface area contributed by atoms with Gasteiger partial charge < -0.3 is 20.0 Å². The molecule has 0 saturated carbocycles. The first kappa shape index (κ1) is 10.8. The van der Waals surface area contributed by atoms with Crippen molar-refractivity contribution in [3.8, 4) is 5.75 Å². The molecule has 6 nitrogen and oxygen atoms in total. The van der Waals surface area contributed by atoms with Crippen LogP contribution in [0.5, 0.6) is 5.75 Å². The van der Waals surface area contributed by atoms with Crippen molar-refractivity contribution in [2.24, 2.45) is 0 Å². The van der Waals surface area contributed by atoms with Crippen LogP contribution < -0.4 is 0 Å². The fourth-order valence-electron chi connectivity index (χ4n) is 0.927. The number of carbonyl (C=O) groups excluding carboxylic acids is 1. The molecule has 0 saturated heterocycles. The molecule has 0 amide bonds. The number of rotatable bonds is 4. The van der Waals surface area contributed by atoms with Gasteiger partial charge in [-0.05, 0) is 28.1 Å². The first-order chi connectivity index (χ1) is 7.15. The number of aromatic hydroxyl groups is 1. The van der Waals surface area contributed by atoms with Crippen molar-refractivity contribution in [1.82, 2.24) is 4.98 Å². The molecule has 0 atom stereocenters. The maximum absolute atomic E-state index is 10.4. The molecule has 0 radical (unpaired) electrons. The number of carbonyl (C=O) groups is 1. The van der Waals surface area contributed by atoms with Gasteiger partial charge >= 0.3 is 5.82 Å². The van der Waals surface area contributed by atoms with Crippen LogP contribution in [0.3, 0.4) is 0 Å². The monoisotopic (exact) mass is 208 g/mol. The lowest BCUT2D eigenvalue weighted by atomic mass is 10.3. The maximum atomic E-state index is 10.4. The lowest BCUT2D eigenvalue weighted by Crippen LogP contribution is -1.93. The van der Waals surface area contributed by atoms with Crippen LogP contribution in [-0.2, 0) is 4.79 Å². The van der Waals surface area contributed by atoms with E-state index in [0.717, 1.165) is 0 Å². The molecular weight excluding hydrogens is 200 g/mol. The van der Waals surface area contributed by atoms with Gasteiger partial charge in [-0.2, -0.15) is 0 Å². The number of nitrogens with zero attached hydrogens (tertiary/aromatic N) is 2. The van der Waals surface area contributed by atoms with E-state index in [1.54, 1.807) is 0 Å². The van der Waals surface area contributed by atoms with E-state index in [9.17, 15) is 14.9 Å². The third kappa shape index (κ3) is 2.87. The second kappa shape index (κ2) is 4.85. The summed E-state index contributed by atoms with van der Waals surface area (Å²) in [5.41, 5.74) is 0.321. The number of allylic oxidation sites excluding steroid dienone is 1. The average Bonchev–Trinajstić information content (AvgIpc) is 2.20. The molecule has 1 aromatic heterocycles. The third-order valence-electron chi connectivity index (χ3n) is 1.57. The standard InChI is InChI=1S/C9H8N2O4/c12-6-2-1-3-7-4-5-8(13)9(10-7)11(14)15/h1,3-6,13H,2H2. The van der Waals surface area contributed by atoms with Crippen LogP contribution in [0.2, 0.25) is 0 Å². The summed E-state index contributed by atoms with van der Waals surface area (Å²) in [6.45, 7) is 0. The van der Waals surface area contributed by atoms with Crippen molar-refractivity contribution < 1.29 is 14.8 Å². The smallest absolute Gasteiger partial charge is 0.406 e. The Morgan fingerprint density at radius 2 is 2.27 bits per heavy atom. The molecule has 1 rings (SSSR count). The summed E-state index contributed by atoms with van der Waals surface area (Å²) in [6, 6.07) is 2.61. The number of hydrogen-bond acceptors (Lipinski definition) is 5. The molecule has 0 aromatic carbocycles. The Hall–Kier alpha value is -2.24. The second-order valence-electron chi connectivity index (χ2n) is 2.64. The predicted octanol–water partition coefficient (Wildman–Crippen LogP) is 1.30. The molecule has 78 valence electrons. The minimum Gasteiger partial charge on any atom is -0.501 e. The molecule has 0 fully saturated rings. The Kier molecular flexibility index (Phi) is 3.50. The SMILES string of the molecule is O=CCC=Cc1ccc(O)c([N+](=O)[O-])n1. The van der Waals surface area contributed by atoms with Crippen LogP contribution in [-0.4, -0.2) is 21.3 Å². The van der Waals surface area contributed by atoms with Crippen LogP contribution in [0.1, 0.15) is 12.1 Å². The van der Waals surface area contributed by atoms with Crippen molar-refractivity contribution in [3.63, 3.8) is 0 Å². The van der Waals surface area contributed by atoms with Crippen LogP contribution in [0.25, 0.3) is 6.08 Å². The van der Waals surface area contributed by atoms with Gasteiger partial charge in [0.2, 0.25) is 5.75 Å². The van der Waals surface area contributed by atoms with Crippen LogP contribution in [0.15, 0.2) is 18.2 Å².